The van der Waals surface area contributed by atoms with Crippen molar-refractivity contribution in [1.29, 1.82) is 0 Å². The first-order valence-corrected chi connectivity index (χ1v) is 6.46. The molecule has 0 aliphatic carbocycles. The van der Waals surface area contributed by atoms with E-state index in [9.17, 15) is 4.79 Å². The highest BCUT2D eigenvalue weighted by Gasteiger charge is 2.25. The molecular formula is C11H22O3S. The van der Waals surface area contributed by atoms with Gasteiger partial charge in [0, 0.05) is 13.7 Å². The van der Waals surface area contributed by atoms with Crippen molar-refractivity contribution in [2.45, 2.75) is 33.1 Å². The van der Waals surface area contributed by atoms with Crippen molar-refractivity contribution < 1.29 is 14.6 Å². The SMILES string of the molecule is COCCCSCCCC(C)(C)C(=O)O. The van der Waals surface area contributed by atoms with Gasteiger partial charge in [-0.2, -0.15) is 11.8 Å². The molecule has 0 atom stereocenters. The van der Waals surface area contributed by atoms with E-state index in [1.54, 1.807) is 21.0 Å². The van der Waals surface area contributed by atoms with Crippen LogP contribution in [0.5, 0.6) is 0 Å². The molecule has 15 heavy (non-hydrogen) atoms. The maximum Gasteiger partial charge on any atom is 0.309 e. The Balaban J connectivity index is 3.35. The monoisotopic (exact) mass is 234 g/mol. The van der Waals surface area contributed by atoms with Crippen LogP contribution in [0.1, 0.15) is 33.1 Å². The standard InChI is InChI=1S/C11H22O3S/c1-11(2,10(12)13)6-4-8-15-9-5-7-14-3/h4-9H2,1-3H3,(H,12,13). The lowest BCUT2D eigenvalue weighted by molar-refractivity contribution is -0.147. The van der Waals surface area contributed by atoms with Gasteiger partial charge in [0.05, 0.1) is 5.41 Å². The lowest BCUT2D eigenvalue weighted by atomic mass is 9.88. The third kappa shape index (κ3) is 7.68. The third-order valence-electron chi connectivity index (χ3n) is 2.31. The highest BCUT2D eigenvalue weighted by Crippen LogP contribution is 2.23. The molecule has 90 valence electrons. The molecule has 0 aliphatic rings. The lowest BCUT2D eigenvalue weighted by Gasteiger charge is -2.18. The molecule has 1 N–H and O–H groups in total. The van der Waals surface area contributed by atoms with Gasteiger partial charge in [-0.25, -0.2) is 0 Å². The zero-order valence-corrected chi connectivity index (χ0v) is 10.7. The van der Waals surface area contributed by atoms with Crippen LogP contribution < -0.4 is 0 Å². The largest absolute Gasteiger partial charge is 0.481 e. The van der Waals surface area contributed by atoms with Crippen molar-refractivity contribution in [3.63, 3.8) is 0 Å². The minimum atomic E-state index is -0.702. The van der Waals surface area contributed by atoms with Crippen LogP contribution in [0.2, 0.25) is 0 Å². The summed E-state index contributed by atoms with van der Waals surface area (Å²) in [6.45, 7) is 4.38. The molecule has 0 rings (SSSR count). The van der Waals surface area contributed by atoms with E-state index in [0.29, 0.717) is 0 Å². The fourth-order valence-corrected chi connectivity index (χ4v) is 2.01. The smallest absolute Gasteiger partial charge is 0.309 e. The third-order valence-corrected chi connectivity index (χ3v) is 3.46. The summed E-state index contributed by atoms with van der Waals surface area (Å²) in [5, 5.41) is 8.89. The fourth-order valence-electron chi connectivity index (χ4n) is 1.13. The Morgan fingerprint density at radius 2 is 1.93 bits per heavy atom. The summed E-state index contributed by atoms with van der Waals surface area (Å²) in [7, 11) is 1.71. The van der Waals surface area contributed by atoms with Crippen molar-refractivity contribution in [3.8, 4) is 0 Å². The predicted molar refractivity (Wildman–Crippen MR) is 64.5 cm³/mol. The van der Waals surface area contributed by atoms with Gasteiger partial charge in [-0.3, -0.25) is 4.79 Å². The molecule has 0 saturated carbocycles. The summed E-state index contributed by atoms with van der Waals surface area (Å²) >= 11 is 1.87. The lowest BCUT2D eigenvalue weighted by Crippen LogP contribution is -2.23. The van der Waals surface area contributed by atoms with Crippen LogP contribution in [0, 0.1) is 5.41 Å². The molecule has 0 fully saturated rings. The second-order valence-corrected chi connectivity index (χ2v) is 5.48. The average Bonchev–Trinajstić information content (AvgIpc) is 2.16. The molecular weight excluding hydrogens is 212 g/mol. The highest BCUT2D eigenvalue weighted by atomic mass is 32.2. The van der Waals surface area contributed by atoms with Crippen LogP contribution in [0.25, 0.3) is 0 Å². The molecule has 3 nitrogen and oxygen atoms in total. The first-order chi connectivity index (χ1) is 7.00. The number of carboxylic acids is 1. The Hall–Kier alpha value is -0.220. The van der Waals surface area contributed by atoms with Crippen LogP contribution in [0.3, 0.4) is 0 Å². The summed E-state index contributed by atoms with van der Waals surface area (Å²) in [6, 6.07) is 0. The molecule has 0 aliphatic heterocycles. The molecule has 4 heteroatoms. The number of hydrogen-bond donors (Lipinski definition) is 1. The first-order valence-electron chi connectivity index (χ1n) is 5.31. The van der Waals surface area contributed by atoms with Gasteiger partial charge in [0.2, 0.25) is 0 Å². The molecule has 0 aromatic heterocycles. The summed E-state index contributed by atoms with van der Waals surface area (Å²) in [5.74, 6) is 1.44. The number of methoxy groups -OCH3 is 1. The summed E-state index contributed by atoms with van der Waals surface area (Å²) in [4.78, 5) is 10.8. The number of rotatable bonds is 9. The molecule has 0 radical (unpaired) electrons. The minimum Gasteiger partial charge on any atom is -0.481 e. The van der Waals surface area contributed by atoms with E-state index in [1.807, 2.05) is 11.8 Å². The van der Waals surface area contributed by atoms with Gasteiger partial charge in [-0.05, 0) is 44.6 Å². The molecule has 0 saturated heterocycles. The Morgan fingerprint density at radius 3 is 2.47 bits per heavy atom. The second kappa shape index (κ2) is 7.99. The number of ether oxygens (including phenoxy) is 1. The van der Waals surface area contributed by atoms with Crippen molar-refractivity contribution in [2.24, 2.45) is 5.41 Å². The number of aliphatic carboxylic acids is 1. The van der Waals surface area contributed by atoms with Crippen LogP contribution >= 0.6 is 11.8 Å². The van der Waals surface area contributed by atoms with Gasteiger partial charge in [-0.1, -0.05) is 0 Å². The van der Waals surface area contributed by atoms with Gasteiger partial charge in [-0.15, -0.1) is 0 Å². The first kappa shape index (κ1) is 14.8. The van der Waals surface area contributed by atoms with Crippen molar-refractivity contribution in [1.82, 2.24) is 0 Å². The summed E-state index contributed by atoms with van der Waals surface area (Å²) in [6.07, 6.45) is 2.79. The van der Waals surface area contributed by atoms with E-state index in [2.05, 4.69) is 0 Å². The van der Waals surface area contributed by atoms with E-state index in [-0.39, 0.29) is 0 Å². The van der Waals surface area contributed by atoms with Gasteiger partial charge in [0.15, 0.2) is 0 Å². The Kier molecular flexibility index (Phi) is 7.88. The van der Waals surface area contributed by atoms with Crippen molar-refractivity contribution >= 4 is 17.7 Å². The molecule has 0 bridgehead atoms. The van der Waals surface area contributed by atoms with Gasteiger partial charge in [0.25, 0.3) is 0 Å². The molecule has 0 amide bonds. The van der Waals surface area contributed by atoms with Crippen LogP contribution in [0.15, 0.2) is 0 Å². The second-order valence-electron chi connectivity index (χ2n) is 4.25. The van der Waals surface area contributed by atoms with E-state index in [4.69, 9.17) is 9.84 Å². The zero-order chi connectivity index (χ0) is 11.7. The molecule has 0 aromatic rings. The fraction of sp³-hybridized carbons (Fsp3) is 0.909. The Morgan fingerprint density at radius 1 is 1.33 bits per heavy atom. The van der Waals surface area contributed by atoms with Crippen molar-refractivity contribution in [3.05, 3.63) is 0 Å². The normalized spacial score (nSPS) is 11.7. The number of carboxylic acid groups (broad SMARTS) is 1. The average molecular weight is 234 g/mol. The van der Waals surface area contributed by atoms with E-state index < -0.39 is 11.4 Å². The van der Waals surface area contributed by atoms with Gasteiger partial charge >= 0.3 is 5.97 Å². The predicted octanol–water partition coefficient (Wildman–Crippen LogP) is 2.65. The summed E-state index contributed by atoms with van der Waals surface area (Å²) in [5.41, 5.74) is -0.576. The van der Waals surface area contributed by atoms with Gasteiger partial charge < -0.3 is 9.84 Å². The Labute approximate surface area is 96.6 Å². The van der Waals surface area contributed by atoms with E-state index in [1.165, 1.54) is 0 Å². The maximum absolute atomic E-state index is 10.8. The van der Waals surface area contributed by atoms with E-state index in [0.717, 1.165) is 37.4 Å². The molecule has 0 heterocycles. The number of hydrogen-bond acceptors (Lipinski definition) is 3. The quantitative estimate of drug-likeness (QED) is 0.623. The molecule has 0 unspecified atom stereocenters. The minimum absolute atomic E-state index is 0.576. The van der Waals surface area contributed by atoms with Crippen LogP contribution in [0.4, 0.5) is 0 Å². The number of carbonyl (C=O) groups is 1. The van der Waals surface area contributed by atoms with Gasteiger partial charge in [0.1, 0.15) is 0 Å². The Bertz CT molecular complexity index is 181. The molecule has 0 spiro atoms. The van der Waals surface area contributed by atoms with E-state index >= 15 is 0 Å². The highest BCUT2D eigenvalue weighted by molar-refractivity contribution is 7.99. The summed E-state index contributed by atoms with van der Waals surface area (Å²) < 4.78 is 4.94. The zero-order valence-electron chi connectivity index (χ0n) is 9.91. The topological polar surface area (TPSA) is 46.5 Å². The van der Waals surface area contributed by atoms with Crippen molar-refractivity contribution in [2.75, 3.05) is 25.2 Å². The maximum atomic E-state index is 10.8. The molecule has 0 aromatic carbocycles. The number of thioether (sulfide) groups is 1. The van der Waals surface area contributed by atoms with Crippen LogP contribution in [-0.2, 0) is 9.53 Å². The van der Waals surface area contributed by atoms with Crippen LogP contribution in [-0.4, -0.2) is 36.3 Å².